The van der Waals surface area contributed by atoms with Gasteiger partial charge in [0.1, 0.15) is 17.6 Å². The van der Waals surface area contributed by atoms with Crippen LogP contribution in [0.25, 0.3) is 6.08 Å². The highest BCUT2D eigenvalue weighted by atomic mass is 19.4. The standard InChI is InChI=1S/C13H10F6O4/c14-12(15,16)10-2-1-6-3-7(23-13(17,18)19)4-8(9(21)5-20)11(6)22-10/h1-4,9-10,20-21H,5H2. The minimum absolute atomic E-state index is 0.144. The number of alkyl halides is 6. The molecule has 128 valence electrons. The molecule has 0 radical (unpaired) electrons. The summed E-state index contributed by atoms with van der Waals surface area (Å²) in [4.78, 5) is 0. The van der Waals surface area contributed by atoms with E-state index in [0.29, 0.717) is 12.1 Å². The molecule has 10 heteroatoms. The molecule has 2 atom stereocenters. The Kier molecular flexibility index (Phi) is 4.49. The number of hydrogen-bond donors (Lipinski definition) is 2. The smallest absolute Gasteiger partial charge is 0.476 e. The summed E-state index contributed by atoms with van der Waals surface area (Å²) in [6.07, 6.45) is -12.3. The van der Waals surface area contributed by atoms with Crippen molar-refractivity contribution in [3.63, 3.8) is 0 Å². The van der Waals surface area contributed by atoms with Gasteiger partial charge in [-0.1, -0.05) is 6.08 Å². The van der Waals surface area contributed by atoms with Crippen LogP contribution in [0.5, 0.6) is 11.5 Å². The van der Waals surface area contributed by atoms with E-state index in [9.17, 15) is 31.4 Å². The Balaban J connectivity index is 2.48. The number of ether oxygens (including phenoxy) is 2. The third kappa shape index (κ3) is 4.08. The Morgan fingerprint density at radius 2 is 1.83 bits per heavy atom. The van der Waals surface area contributed by atoms with Gasteiger partial charge in [-0.25, -0.2) is 0 Å². The molecule has 0 bridgehead atoms. The molecule has 0 fully saturated rings. The second kappa shape index (κ2) is 5.93. The summed E-state index contributed by atoms with van der Waals surface area (Å²) in [5, 5.41) is 18.6. The van der Waals surface area contributed by atoms with E-state index in [2.05, 4.69) is 4.74 Å². The van der Waals surface area contributed by atoms with E-state index in [0.717, 1.165) is 12.1 Å². The van der Waals surface area contributed by atoms with E-state index < -0.39 is 48.4 Å². The monoisotopic (exact) mass is 344 g/mol. The Morgan fingerprint density at radius 1 is 1.17 bits per heavy atom. The van der Waals surface area contributed by atoms with Crippen LogP contribution in [0, 0.1) is 0 Å². The molecule has 4 nitrogen and oxygen atoms in total. The van der Waals surface area contributed by atoms with Crippen molar-refractivity contribution in [1.82, 2.24) is 0 Å². The van der Waals surface area contributed by atoms with Crippen molar-refractivity contribution in [1.29, 1.82) is 0 Å². The fourth-order valence-corrected chi connectivity index (χ4v) is 1.98. The van der Waals surface area contributed by atoms with Crippen LogP contribution in [0.4, 0.5) is 26.3 Å². The zero-order valence-electron chi connectivity index (χ0n) is 11.1. The van der Waals surface area contributed by atoms with Gasteiger partial charge >= 0.3 is 12.5 Å². The first-order valence-electron chi connectivity index (χ1n) is 6.15. The minimum atomic E-state index is -5.02. The zero-order valence-corrected chi connectivity index (χ0v) is 11.1. The van der Waals surface area contributed by atoms with Gasteiger partial charge in [0.05, 0.1) is 6.61 Å². The van der Waals surface area contributed by atoms with E-state index in [1.807, 2.05) is 0 Å². The van der Waals surface area contributed by atoms with Crippen LogP contribution in [-0.4, -0.2) is 35.5 Å². The molecule has 2 rings (SSSR count). The fraction of sp³-hybridized carbons (Fsp3) is 0.385. The molecule has 2 N–H and O–H groups in total. The lowest BCUT2D eigenvalue weighted by atomic mass is 10.0. The van der Waals surface area contributed by atoms with Crippen molar-refractivity contribution >= 4 is 6.08 Å². The Labute approximate surface area is 125 Å². The van der Waals surface area contributed by atoms with E-state index in [1.54, 1.807) is 0 Å². The number of rotatable bonds is 3. The van der Waals surface area contributed by atoms with Gasteiger partial charge < -0.3 is 19.7 Å². The van der Waals surface area contributed by atoms with Crippen LogP contribution >= 0.6 is 0 Å². The molecule has 23 heavy (non-hydrogen) atoms. The summed E-state index contributed by atoms with van der Waals surface area (Å²) < 4.78 is 83.3. The fourth-order valence-electron chi connectivity index (χ4n) is 1.98. The molecule has 0 saturated carbocycles. The van der Waals surface area contributed by atoms with Gasteiger partial charge in [-0.15, -0.1) is 13.2 Å². The largest absolute Gasteiger partial charge is 0.573 e. The lowest BCUT2D eigenvalue weighted by Crippen LogP contribution is -2.34. The third-order valence-electron chi connectivity index (χ3n) is 2.90. The van der Waals surface area contributed by atoms with Gasteiger partial charge in [0.2, 0.25) is 6.10 Å². The van der Waals surface area contributed by atoms with Crippen molar-refractivity contribution < 1.29 is 46.0 Å². The first-order chi connectivity index (χ1) is 10.5. The van der Waals surface area contributed by atoms with Gasteiger partial charge in [0.15, 0.2) is 0 Å². The van der Waals surface area contributed by atoms with E-state index >= 15 is 0 Å². The van der Waals surface area contributed by atoms with Crippen LogP contribution in [0.2, 0.25) is 0 Å². The summed E-state index contributed by atoms with van der Waals surface area (Å²) in [6.45, 7) is -0.925. The molecular weight excluding hydrogens is 334 g/mol. The predicted octanol–water partition coefficient (Wildman–Crippen LogP) is 2.95. The molecule has 1 heterocycles. The maximum absolute atomic E-state index is 12.7. The molecule has 1 aliphatic rings. The molecule has 0 spiro atoms. The van der Waals surface area contributed by atoms with Gasteiger partial charge in [-0.3, -0.25) is 0 Å². The lowest BCUT2D eigenvalue weighted by molar-refractivity contribution is -0.274. The molecule has 0 saturated heterocycles. The first-order valence-corrected chi connectivity index (χ1v) is 6.15. The van der Waals surface area contributed by atoms with Gasteiger partial charge in [0.25, 0.3) is 0 Å². The maximum atomic E-state index is 12.7. The van der Waals surface area contributed by atoms with Crippen molar-refractivity contribution in [2.45, 2.75) is 24.7 Å². The number of benzene rings is 1. The third-order valence-corrected chi connectivity index (χ3v) is 2.90. The summed E-state index contributed by atoms with van der Waals surface area (Å²) >= 11 is 0. The number of hydrogen-bond acceptors (Lipinski definition) is 4. The quantitative estimate of drug-likeness (QED) is 0.828. The number of fused-ring (bicyclic) bond motifs is 1. The number of aliphatic hydroxyl groups is 2. The van der Waals surface area contributed by atoms with E-state index in [-0.39, 0.29) is 5.56 Å². The number of halogens is 6. The Morgan fingerprint density at radius 3 is 2.35 bits per heavy atom. The van der Waals surface area contributed by atoms with Crippen molar-refractivity contribution in [3.05, 3.63) is 29.3 Å². The highest BCUT2D eigenvalue weighted by Gasteiger charge is 2.42. The average molecular weight is 344 g/mol. The molecule has 2 unspecified atom stereocenters. The molecule has 0 aromatic heterocycles. The maximum Gasteiger partial charge on any atom is 0.573 e. The van der Waals surface area contributed by atoms with Gasteiger partial charge in [0, 0.05) is 11.1 Å². The van der Waals surface area contributed by atoms with Crippen molar-refractivity contribution in [3.8, 4) is 11.5 Å². The van der Waals surface area contributed by atoms with Crippen LogP contribution in [0.1, 0.15) is 17.2 Å². The lowest BCUT2D eigenvalue weighted by Gasteiger charge is -2.27. The van der Waals surface area contributed by atoms with Gasteiger partial charge in [-0.05, 0) is 18.2 Å². The van der Waals surface area contributed by atoms with Crippen LogP contribution in [0.15, 0.2) is 18.2 Å². The Bertz CT molecular complexity index is 608. The molecule has 1 aromatic carbocycles. The second-order valence-electron chi connectivity index (χ2n) is 4.62. The highest BCUT2D eigenvalue weighted by molar-refractivity contribution is 5.65. The zero-order chi connectivity index (χ0) is 17.4. The summed E-state index contributed by atoms with van der Waals surface area (Å²) in [5.74, 6) is -1.22. The van der Waals surface area contributed by atoms with E-state index in [1.165, 1.54) is 0 Å². The number of aliphatic hydroxyl groups excluding tert-OH is 2. The topological polar surface area (TPSA) is 58.9 Å². The molecule has 1 aliphatic heterocycles. The normalized spacial score (nSPS) is 19.0. The van der Waals surface area contributed by atoms with Crippen molar-refractivity contribution in [2.24, 2.45) is 0 Å². The SMILES string of the molecule is OCC(O)c1cc(OC(F)(F)F)cc2c1OC(C(F)(F)F)C=C2. The summed E-state index contributed by atoms with van der Waals surface area (Å²) in [7, 11) is 0. The average Bonchev–Trinajstić information content (AvgIpc) is 2.42. The summed E-state index contributed by atoms with van der Waals surface area (Å²) in [6, 6.07) is 1.49. The Hall–Kier alpha value is -1.94. The molecule has 1 aromatic rings. The molecular formula is C13H10F6O4. The minimum Gasteiger partial charge on any atom is -0.476 e. The molecule has 0 amide bonds. The van der Waals surface area contributed by atoms with Gasteiger partial charge in [-0.2, -0.15) is 13.2 Å². The predicted molar refractivity (Wildman–Crippen MR) is 64.7 cm³/mol. The first kappa shape index (κ1) is 17.4. The molecule has 0 aliphatic carbocycles. The van der Waals surface area contributed by atoms with Crippen molar-refractivity contribution in [2.75, 3.05) is 6.61 Å². The van der Waals surface area contributed by atoms with E-state index in [4.69, 9.17) is 9.84 Å². The van der Waals surface area contributed by atoms with Crippen LogP contribution in [0.3, 0.4) is 0 Å². The summed E-state index contributed by atoms with van der Waals surface area (Å²) in [5.41, 5.74) is -0.586. The second-order valence-corrected chi connectivity index (χ2v) is 4.62. The van der Waals surface area contributed by atoms with Crippen LogP contribution < -0.4 is 9.47 Å². The van der Waals surface area contributed by atoms with Crippen LogP contribution in [-0.2, 0) is 0 Å². The highest BCUT2D eigenvalue weighted by Crippen LogP contribution is 2.41.